The van der Waals surface area contributed by atoms with E-state index in [1.165, 1.54) is 31.2 Å². The van der Waals surface area contributed by atoms with Gasteiger partial charge >= 0.3 is 5.97 Å². The maximum Gasteiger partial charge on any atom is 0.327 e. The smallest absolute Gasteiger partial charge is 0.327 e. The lowest BCUT2D eigenvalue weighted by atomic mass is 10.2. The number of aliphatic hydroxyl groups excluding tert-OH is 1. The lowest BCUT2D eigenvalue weighted by Gasteiger charge is -2.22. The van der Waals surface area contributed by atoms with Gasteiger partial charge in [0.25, 0.3) is 5.91 Å². The first-order valence-electron chi connectivity index (χ1n) is 8.83. The predicted molar refractivity (Wildman–Crippen MR) is 113 cm³/mol. The molecule has 0 saturated carbocycles. The Balaban J connectivity index is 2.11. The Kier molecular flexibility index (Phi) is 8.38. The molecule has 3 N–H and O–H groups in total. The SMILES string of the molecule is CC(OC(=O)C(NS(=O)(=O)c1ccc(Cl)c(Cl)c1)C(C)O)C(=O)Nc1ccccc1F. The second-order valence-corrected chi connectivity index (χ2v) is 8.99. The van der Waals surface area contributed by atoms with Crippen molar-refractivity contribution in [3.05, 3.63) is 58.3 Å². The summed E-state index contributed by atoms with van der Waals surface area (Å²) in [6, 6.07) is 7.12. The molecular formula is C19H19Cl2FN2O6S. The molecule has 0 aliphatic heterocycles. The Morgan fingerprint density at radius 1 is 1.10 bits per heavy atom. The molecule has 2 rings (SSSR count). The van der Waals surface area contributed by atoms with Crippen LogP contribution in [-0.2, 0) is 24.3 Å². The van der Waals surface area contributed by atoms with E-state index in [4.69, 9.17) is 27.9 Å². The molecule has 0 aromatic heterocycles. The number of carbonyl (C=O) groups is 2. The summed E-state index contributed by atoms with van der Waals surface area (Å²) in [7, 11) is -4.30. The van der Waals surface area contributed by atoms with Gasteiger partial charge in [0.05, 0.1) is 26.7 Å². The number of carbonyl (C=O) groups excluding carboxylic acids is 2. The number of ether oxygens (including phenoxy) is 1. The molecule has 3 atom stereocenters. The van der Waals surface area contributed by atoms with Crippen molar-refractivity contribution in [2.45, 2.75) is 37.0 Å². The average Bonchev–Trinajstić information content (AvgIpc) is 2.69. The summed E-state index contributed by atoms with van der Waals surface area (Å²) in [6.45, 7) is 2.37. The van der Waals surface area contributed by atoms with Gasteiger partial charge in [0.2, 0.25) is 10.0 Å². The Labute approximate surface area is 188 Å². The zero-order chi connectivity index (χ0) is 23.3. The van der Waals surface area contributed by atoms with E-state index >= 15 is 0 Å². The molecule has 0 aliphatic rings. The maximum atomic E-state index is 13.7. The summed E-state index contributed by atoms with van der Waals surface area (Å²) in [6.07, 6.45) is -2.92. The van der Waals surface area contributed by atoms with Crippen LogP contribution in [0.2, 0.25) is 10.0 Å². The highest BCUT2D eigenvalue weighted by molar-refractivity contribution is 7.89. The number of anilines is 1. The van der Waals surface area contributed by atoms with Gasteiger partial charge in [0.15, 0.2) is 6.10 Å². The van der Waals surface area contributed by atoms with Crippen LogP contribution in [-0.4, -0.2) is 43.7 Å². The molecule has 31 heavy (non-hydrogen) atoms. The number of esters is 1. The normalized spacial score (nSPS) is 14.4. The third kappa shape index (κ3) is 6.62. The van der Waals surface area contributed by atoms with E-state index in [0.29, 0.717) is 0 Å². The molecule has 12 heteroatoms. The molecule has 2 aromatic carbocycles. The van der Waals surface area contributed by atoms with Gasteiger partial charge in [0.1, 0.15) is 11.9 Å². The van der Waals surface area contributed by atoms with Gasteiger partial charge in [-0.05, 0) is 44.2 Å². The first-order chi connectivity index (χ1) is 14.4. The van der Waals surface area contributed by atoms with E-state index in [2.05, 4.69) is 5.32 Å². The zero-order valence-corrected chi connectivity index (χ0v) is 18.6. The van der Waals surface area contributed by atoms with Crippen molar-refractivity contribution >= 4 is 50.8 Å². The first kappa shape index (κ1) is 25.0. The quantitative estimate of drug-likeness (QED) is 0.487. The largest absolute Gasteiger partial charge is 0.451 e. The van der Waals surface area contributed by atoms with Crippen molar-refractivity contribution in [2.75, 3.05) is 5.32 Å². The highest BCUT2D eigenvalue weighted by atomic mass is 35.5. The van der Waals surface area contributed by atoms with Crippen LogP contribution >= 0.6 is 23.2 Å². The molecule has 168 valence electrons. The number of hydrogen-bond donors (Lipinski definition) is 3. The van der Waals surface area contributed by atoms with E-state index in [0.717, 1.165) is 25.1 Å². The topological polar surface area (TPSA) is 122 Å². The summed E-state index contributed by atoms with van der Waals surface area (Å²) in [4.78, 5) is 24.3. The predicted octanol–water partition coefficient (Wildman–Crippen LogP) is 2.73. The standard InChI is InChI=1S/C19H19Cl2FN2O6S/c1-10(25)17(24-31(28,29)12-7-8-13(20)14(21)9-12)19(27)30-11(2)18(26)23-16-6-4-3-5-15(16)22/h3-11,17,24-25H,1-2H3,(H,23,26). The Morgan fingerprint density at radius 2 is 1.74 bits per heavy atom. The number of hydrogen-bond acceptors (Lipinski definition) is 6. The number of amides is 1. The van der Waals surface area contributed by atoms with E-state index < -0.39 is 46.0 Å². The van der Waals surface area contributed by atoms with Gasteiger partial charge in [-0.25, -0.2) is 12.8 Å². The molecule has 0 fully saturated rings. The minimum atomic E-state index is -4.30. The summed E-state index contributed by atoms with van der Waals surface area (Å²) in [5.41, 5.74) is -0.122. The average molecular weight is 493 g/mol. The molecule has 2 aromatic rings. The van der Waals surface area contributed by atoms with Gasteiger partial charge in [-0.2, -0.15) is 4.72 Å². The van der Waals surface area contributed by atoms with Crippen LogP contribution in [0.4, 0.5) is 10.1 Å². The molecule has 3 unspecified atom stereocenters. The van der Waals surface area contributed by atoms with Gasteiger partial charge in [0, 0.05) is 0 Å². The molecular weight excluding hydrogens is 474 g/mol. The van der Waals surface area contributed by atoms with Crippen LogP contribution in [0.5, 0.6) is 0 Å². The molecule has 1 amide bonds. The third-order valence-electron chi connectivity index (χ3n) is 4.01. The van der Waals surface area contributed by atoms with Crippen LogP contribution in [0.3, 0.4) is 0 Å². The second-order valence-electron chi connectivity index (χ2n) is 6.46. The van der Waals surface area contributed by atoms with Crippen molar-refractivity contribution in [3.8, 4) is 0 Å². The minimum Gasteiger partial charge on any atom is -0.451 e. The number of nitrogens with one attached hydrogen (secondary N) is 2. The summed E-state index contributed by atoms with van der Waals surface area (Å²) in [5, 5.41) is 12.2. The van der Waals surface area contributed by atoms with E-state index in [9.17, 15) is 27.5 Å². The van der Waals surface area contributed by atoms with Crippen molar-refractivity contribution in [2.24, 2.45) is 0 Å². The Hall–Kier alpha value is -2.24. The summed E-state index contributed by atoms with van der Waals surface area (Å²) in [5.74, 6) is -2.75. The number of benzene rings is 2. The van der Waals surface area contributed by atoms with Gasteiger partial charge in [-0.15, -0.1) is 0 Å². The zero-order valence-electron chi connectivity index (χ0n) is 16.3. The molecule has 0 saturated heterocycles. The third-order valence-corrected chi connectivity index (χ3v) is 6.19. The fourth-order valence-electron chi connectivity index (χ4n) is 2.32. The summed E-state index contributed by atoms with van der Waals surface area (Å²) < 4.78 is 45.8. The van der Waals surface area contributed by atoms with Crippen molar-refractivity contribution in [1.82, 2.24) is 4.72 Å². The fourth-order valence-corrected chi connectivity index (χ4v) is 3.97. The monoisotopic (exact) mass is 492 g/mol. The minimum absolute atomic E-state index is 0.0286. The van der Waals surface area contributed by atoms with Crippen LogP contribution in [0.15, 0.2) is 47.4 Å². The van der Waals surface area contributed by atoms with Crippen molar-refractivity contribution in [1.29, 1.82) is 0 Å². The van der Waals surface area contributed by atoms with Gasteiger partial charge in [-0.3, -0.25) is 9.59 Å². The molecule has 8 nitrogen and oxygen atoms in total. The van der Waals surface area contributed by atoms with E-state index in [-0.39, 0.29) is 20.6 Å². The van der Waals surface area contributed by atoms with Crippen LogP contribution in [0.25, 0.3) is 0 Å². The van der Waals surface area contributed by atoms with E-state index in [1.54, 1.807) is 0 Å². The lowest BCUT2D eigenvalue weighted by molar-refractivity contribution is -0.157. The van der Waals surface area contributed by atoms with Crippen LogP contribution < -0.4 is 10.0 Å². The molecule has 0 aliphatic carbocycles. The highest BCUT2D eigenvalue weighted by Crippen LogP contribution is 2.25. The Morgan fingerprint density at radius 3 is 2.32 bits per heavy atom. The second kappa shape index (κ2) is 10.4. The number of para-hydroxylation sites is 1. The molecule has 0 bridgehead atoms. The number of halogens is 3. The number of rotatable bonds is 8. The number of aliphatic hydroxyl groups is 1. The number of sulfonamides is 1. The molecule has 0 spiro atoms. The van der Waals surface area contributed by atoms with Crippen molar-refractivity contribution in [3.63, 3.8) is 0 Å². The van der Waals surface area contributed by atoms with Crippen molar-refractivity contribution < 1.29 is 32.2 Å². The van der Waals surface area contributed by atoms with Crippen LogP contribution in [0.1, 0.15) is 13.8 Å². The molecule has 0 radical (unpaired) electrons. The van der Waals surface area contributed by atoms with Crippen LogP contribution in [0, 0.1) is 5.82 Å². The first-order valence-corrected chi connectivity index (χ1v) is 11.1. The maximum absolute atomic E-state index is 13.7. The lowest BCUT2D eigenvalue weighted by Crippen LogP contribution is -2.49. The Bertz CT molecular complexity index is 1080. The van der Waals surface area contributed by atoms with Gasteiger partial charge < -0.3 is 15.2 Å². The molecule has 0 heterocycles. The summed E-state index contributed by atoms with van der Waals surface area (Å²) >= 11 is 11.6. The highest BCUT2D eigenvalue weighted by Gasteiger charge is 2.33. The van der Waals surface area contributed by atoms with E-state index in [1.807, 2.05) is 4.72 Å². The van der Waals surface area contributed by atoms with Gasteiger partial charge in [-0.1, -0.05) is 35.3 Å². The fraction of sp³-hybridized carbons (Fsp3) is 0.263.